The number of nitrogens with one attached hydrogen (secondary N) is 1. The molecule has 2 unspecified atom stereocenters. The quantitative estimate of drug-likeness (QED) is 0.857. The maximum atomic E-state index is 12.5. The van der Waals surface area contributed by atoms with Crippen LogP contribution in [-0.2, 0) is 0 Å². The van der Waals surface area contributed by atoms with Gasteiger partial charge in [0.2, 0.25) is 6.79 Å². The number of aliphatic hydroxyl groups is 1. The highest BCUT2D eigenvalue weighted by molar-refractivity contribution is 5.90. The SMILES string of the molecule is O=C(Nc1ccc2c(c1)OCO2)N1CC(O)C(N2CCCCC2)C1. The standard InChI is InChI=1S/C17H23N3O4/c21-14-10-20(9-13(14)19-6-2-1-3-7-19)17(22)18-12-4-5-15-16(8-12)24-11-23-15/h4-5,8,13-14,21H,1-3,6-7,9-11H2,(H,18,22). The Hall–Kier alpha value is -1.99. The van der Waals surface area contributed by atoms with Crippen LogP contribution < -0.4 is 14.8 Å². The number of urea groups is 1. The van der Waals surface area contributed by atoms with Gasteiger partial charge in [0.1, 0.15) is 0 Å². The summed E-state index contributed by atoms with van der Waals surface area (Å²) in [6.45, 7) is 3.18. The van der Waals surface area contributed by atoms with E-state index < -0.39 is 6.10 Å². The maximum Gasteiger partial charge on any atom is 0.321 e. The molecule has 0 saturated carbocycles. The van der Waals surface area contributed by atoms with Gasteiger partial charge in [0, 0.05) is 18.3 Å². The summed E-state index contributed by atoms with van der Waals surface area (Å²) in [6, 6.07) is 5.20. The van der Waals surface area contributed by atoms with E-state index >= 15 is 0 Å². The van der Waals surface area contributed by atoms with Crippen molar-refractivity contribution in [2.24, 2.45) is 0 Å². The molecule has 7 heteroatoms. The van der Waals surface area contributed by atoms with Gasteiger partial charge >= 0.3 is 6.03 Å². The number of rotatable bonds is 2. The van der Waals surface area contributed by atoms with Crippen molar-refractivity contribution in [3.63, 3.8) is 0 Å². The second-order valence-corrected chi connectivity index (χ2v) is 6.63. The third-order valence-electron chi connectivity index (χ3n) is 5.03. The van der Waals surface area contributed by atoms with Gasteiger partial charge in [-0.05, 0) is 38.1 Å². The molecule has 0 radical (unpaired) electrons. The Morgan fingerprint density at radius 1 is 1.12 bits per heavy atom. The smallest absolute Gasteiger partial charge is 0.321 e. The first-order valence-corrected chi connectivity index (χ1v) is 8.58. The number of hydrogen-bond donors (Lipinski definition) is 2. The van der Waals surface area contributed by atoms with E-state index in [4.69, 9.17) is 9.47 Å². The Balaban J connectivity index is 1.38. The molecule has 0 aromatic heterocycles. The Morgan fingerprint density at radius 2 is 1.92 bits per heavy atom. The van der Waals surface area contributed by atoms with Gasteiger partial charge in [-0.25, -0.2) is 4.79 Å². The molecule has 2 N–H and O–H groups in total. The van der Waals surface area contributed by atoms with E-state index in [-0.39, 0.29) is 18.9 Å². The molecule has 3 aliphatic rings. The molecule has 3 aliphatic heterocycles. The van der Waals surface area contributed by atoms with Crippen molar-refractivity contribution in [1.82, 2.24) is 9.80 Å². The fourth-order valence-electron chi connectivity index (χ4n) is 3.72. The molecule has 2 amide bonds. The first-order chi connectivity index (χ1) is 11.7. The number of anilines is 1. The zero-order valence-electron chi connectivity index (χ0n) is 13.6. The summed E-state index contributed by atoms with van der Waals surface area (Å²) in [7, 11) is 0. The number of β-amino-alcohol motifs (C(OH)–C–C–N with tert-alkyl or cyclic N) is 1. The normalized spacial score (nSPS) is 26.6. The molecule has 0 bridgehead atoms. The number of fused-ring (bicyclic) bond motifs is 1. The van der Waals surface area contributed by atoms with Gasteiger partial charge in [0.25, 0.3) is 0 Å². The monoisotopic (exact) mass is 333 g/mol. The highest BCUT2D eigenvalue weighted by Gasteiger charge is 2.38. The summed E-state index contributed by atoms with van der Waals surface area (Å²) < 4.78 is 10.6. The second-order valence-electron chi connectivity index (χ2n) is 6.63. The zero-order valence-corrected chi connectivity index (χ0v) is 13.6. The van der Waals surface area contributed by atoms with Gasteiger partial charge in [-0.15, -0.1) is 0 Å². The first-order valence-electron chi connectivity index (χ1n) is 8.58. The minimum Gasteiger partial charge on any atom is -0.454 e. The van der Waals surface area contributed by atoms with Crippen LogP contribution >= 0.6 is 0 Å². The predicted octanol–water partition coefficient (Wildman–Crippen LogP) is 1.48. The van der Waals surface area contributed by atoms with Gasteiger partial charge in [-0.3, -0.25) is 4.90 Å². The molecule has 3 heterocycles. The minimum atomic E-state index is -0.481. The van der Waals surface area contributed by atoms with E-state index in [9.17, 15) is 9.90 Å². The summed E-state index contributed by atoms with van der Waals surface area (Å²) in [5.41, 5.74) is 0.667. The van der Waals surface area contributed by atoms with Crippen LogP contribution in [-0.4, -0.2) is 66.1 Å². The number of benzene rings is 1. The van der Waals surface area contributed by atoms with Gasteiger partial charge in [-0.2, -0.15) is 0 Å². The average molecular weight is 333 g/mol. The van der Waals surface area contributed by atoms with Crippen molar-refractivity contribution in [2.45, 2.75) is 31.4 Å². The average Bonchev–Trinajstić information content (AvgIpc) is 3.21. The van der Waals surface area contributed by atoms with Crippen LogP contribution in [0.3, 0.4) is 0 Å². The molecular weight excluding hydrogens is 310 g/mol. The number of carbonyl (C=O) groups excluding carboxylic acids is 1. The number of amides is 2. The fourth-order valence-corrected chi connectivity index (χ4v) is 3.72. The number of carbonyl (C=O) groups is 1. The van der Waals surface area contributed by atoms with Crippen molar-refractivity contribution < 1.29 is 19.4 Å². The van der Waals surface area contributed by atoms with Gasteiger partial charge in [-0.1, -0.05) is 6.42 Å². The third-order valence-corrected chi connectivity index (χ3v) is 5.03. The van der Waals surface area contributed by atoms with Crippen LogP contribution in [0.15, 0.2) is 18.2 Å². The largest absolute Gasteiger partial charge is 0.454 e. The molecule has 4 rings (SSSR count). The highest BCUT2D eigenvalue weighted by atomic mass is 16.7. The molecule has 7 nitrogen and oxygen atoms in total. The predicted molar refractivity (Wildman–Crippen MR) is 88.4 cm³/mol. The van der Waals surface area contributed by atoms with E-state index in [0.717, 1.165) is 13.1 Å². The highest BCUT2D eigenvalue weighted by Crippen LogP contribution is 2.34. The summed E-state index contributed by atoms with van der Waals surface area (Å²) in [6.07, 6.45) is 3.12. The Morgan fingerprint density at radius 3 is 2.75 bits per heavy atom. The molecule has 1 aromatic rings. The molecule has 1 aromatic carbocycles. The molecule has 2 fully saturated rings. The van der Waals surface area contributed by atoms with Crippen molar-refractivity contribution in [3.8, 4) is 11.5 Å². The Labute approximate surface area is 141 Å². The van der Waals surface area contributed by atoms with Gasteiger partial charge < -0.3 is 24.8 Å². The lowest BCUT2D eigenvalue weighted by molar-refractivity contribution is 0.0706. The maximum absolute atomic E-state index is 12.5. The number of piperidine rings is 1. The van der Waals surface area contributed by atoms with E-state index in [1.807, 2.05) is 0 Å². The second kappa shape index (κ2) is 6.49. The van der Waals surface area contributed by atoms with Crippen molar-refractivity contribution >= 4 is 11.7 Å². The molecule has 24 heavy (non-hydrogen) atoms. The summed E-state index contributed by atoms with van der Waals surface area (Å²) in [4.78, 5) is 16.5. The first kappa shape index (κ1) is 15.5. The number of hydrogen-bond acceptors (Lipinski definition) is 5. The van der Waals surface area contributed by atoms with E-state index in [1.54, 1.807) is 23.1 Å². The number of ether oxygens (including phenoxy) is 2. The van der Waals surface area contributed by atoms with Gasteiger partial charge in [0.15, 0.2) is 11.5 Å². The topological polar surface area (TPSA) is 74.3 Å². The lowest BCUT2D eigenvalue weighted by Crippen LogP contribution is -2.46. The minimum absolute atomic E-state index is 0.0489. The summed E-state index contributed by atoms with van der Waals surface area (Å²) in [5, 5.41) is 13.2. The zero-order chi connectivity index (χ0) is 16.5. The molecule has 130 valence electrons. The number of likely N-dealkylation sites (tertiary alicyclic amines) is 2. The van der Waals surface area contributed by atoms with Gasteiger partial charge in [0.05, 0.1) is 18.7 Å². The lowest BCUT2D eigenvalue weighted by Gasteiger charge is -2.33. The summed E-state index contributed by atoms with van der Waals surface area (Å²) in [5.74, 6) is 1.33. The molecule has 0 aliphatic carbocycles. The van der Waals surface area contributed by atoms with Crippen LogP contribution in [0.1, 0.15) is 19.3 Å². The van der Waals surface area contributed by atoms with Crippen LogP contribution in [0.25, 0.3) is 0 Å². The summed E-state index contributed by atoms with van der Waals surface area (Å²) >= 11 is 0. The van der Waals surface area contributed by atoms with Crippen molar-refractivity contribution in [3.05, 3.63) is 18.2 Å². The Bertz CT molecular complexity index is 618. The lowest BCUT2D eigenvalue weighted by atomic mass is 10.1. The molecule has 2 atom stereocenters. The van der Waals surface area contributed by atoms with Crippen molar-refractivity contribution in [2.75, 3.05) is 38.3 Å². The van der Waals surface area contributed by atoms with Crippen LogP contribution in [0.5, 0.6) is 11.5 Å². The van der Waals surface area contributed by atoms with Crippen LogP contribution in [0.2, 0.25) is 0 Å². The fraction of sp³-hybridized carbons (Fsp3) is 0.588. The molecular formula is C17H23N3O4. The molecule has 0 spiro atoms. The number of aliphatic hydroxyl groups excluding tert-OH is 1. The van der Waals surface area contributed by atoms with E-state index in [1.165, 1.54) is 19.3 Å². The molecule has 2 saturated heterocycles. The Kier molecular flexibility index (Phi) is 4.20. The van der Waals surface area contributed by atoms with E-state index in [2.05, 4.69) is 10.2 Å². The van der Waals surface area contributed by atoms with E-state index in [0.29, 0.717) is 30.3 Å². The number of nitrogens with zero attached hydrogens (tertiary/aromatic N) is 2. The third kappa shape index (κ3) is 3.01. The van der Waals surface area contributed by atoms with Crippen LogP contribution in [0, 0.1) is 0 Å². The van der Waals surface area contributed by atoms with Crippen molar-refractivity contribution in [1.29, 1.82) is 0 Å². The van der Waals surface area contributed by atoms with Crippen LogP contribution in [0.4, 0.5) is 10.5 Å².